The van der Waals surface area contributed by atoms with Gasteiger partial charge in [0.1, 0.15) is 0 Å². The number of aliphatic carboxylic acids is 2. The lowest BCUT2D eigenvalue weighted by Gasteiger charge is -2.19. The van der Waals surface area contributed by atoms with Gasteiger partial charge < -0.3 is 24.6 Å². The molecule has 0 fully saturated rings. The van der Waals surface area contributed by atoms with E-state index in [1.165, 1.54) is 12.1 Å². The van der Waals surface area contributed by atoms with Crippen LogP contribution in [-0.4, -0.2) is 43.0 Å². The van der Waals surface area contributed by atoms with Crippen LogP contribution < -0.4 is 14.4 Å². The van der Waals surface area contributed by atoms with E-state index in [1.807, 2.05) is 0 Å². The maximum absolute atomic E-state index is 12.0. The van der Waals surface area contributed by atoms with Crippen LogP contribution in [0.4, 0.5) is 5.69 Å². The first-order valence-corrected chi connectivity index (χ1v) is 7.77. The molecule has 2 N–H and O–H groups in total. The summed E-state index contributed by atoms with van der Waals surface area (Å²) >= 11 is 0. The summed E-state index contributed by atoms with van der Waals surface area (Å²) in [6.07, 6.45) is 0. The molecule has 7 heteroatoms. The Bertz CT molecular complexity index is 916. The Labute approximate surface area is 149 Å². The Balaban J connectivity index is 2.29. The highest BCUT2D eigenvalue weighted by Gasteiger charge is 2.27. The van der Waals surface area contributed by atoms with Gasteiger partial charge in [-0.1, -0.05) is 24.3 Å². The summed E-state index contributed by atoms with van der Waals surface area (Å²) in [6, 6.07) is 11.3. The van der Waals surface area contributed by atoms with Crippen LogP contribution >= 0.6 is 0 Å². The molecule has 1 aliphatic rings. The molecule has 7 nitrogen and oxygen atoms in total. The number of carboxylic acids is 2. The maximum atomic E-state index is 12.0. The van der Waals surface area contributed by atoms with Crippen LogP contribution in [0.15, 0.2) is 42.5 Å². The summed E-state index contributed by atoms with van der Waals surface area (Å²) in [4.78, 5) is 25.8. The Morgan fingerprint density at radius 1 is 0.923 bits per heavy atom. The quantitative estimate of drug-likeness (QED) is 0.628. The number of para-hydroxylation sites is 1. The minimum atomic E-state index is -1.34. The SMILES string of the molecule is CN(C)c1ccccc1/C(C(=O)O)=C(/C(=O)O)c1ccc2c(c1)OCO2. The lowest BCUT2D eigenvalue weighted by molar-refractivity contribution is -0.132. The second-order valence-electron chi connectivity index (χ2n) is 5.84. The number of ether oxygens (including phenoxy) is 2. The third kappa shape index (κ3) is 3.06. The Hall–Kier alpha value is -3.48. The van der Waals surface area contributed by atoms with Gasteiger partial charge in [0, 0.05) is 25.3 Å². The predicted molar refractivity (Wildman–Crippen MR) is 95.4 cm³/mol. The maximum Gasteiger partial charge on any atom is 0.337 e. The van der Waals surface area contributed by atoms with Gasteiger partial charge in [-0.25, -0.2) is 9.59 Å². The van der Waals surface area contributed by atoms with Crippen LogP contribution in [0.5, 0.6) is 11.5 Å². The van der Waals surface area contributed by atoms with Crippen LogP contribution in [0.2, 0.25) is 0 Å². The number of carbonyl (C=O) groups is 2. The summed E-state index contributed by atoms with van der Waals surface area (Å²) in [6.45, 7) is 0.0418. The fourth-order valence-corrected chi connectivity index (χ4v) is 2.86. The van der Waals surface area contributed by atoms with E-state index in [9.17, 15) is 19.8 Å². The smallest absolute Gasteiger partial charge is 0.337 e. The number of hydrogen-bond acceptors (Lipinski definition) is 5. The van der Waals surface area contributed by atoms with E-state index in [-0.39, 0.29) is 23.5 Å². The summed E-state index contributed by atoms with van der Waals surface area (Å²) in [5.74, 6) is -1.79. The number of benzene rings is 2. The van der Waals surface area contributed by atoms with Crippen LogP contribution in [0.25, 0.3) is 11.1 Å². The average Bonchev–Trinajstić information content (AvgIpc) is 3.06. The average molecular weight is 355 g/mol. The third-order valence-electron chi connectivity index (χ3n) is 3.99. The van der Waals surface area contributed by atoms with Crippen molar-refractivity contribution in [2.45, 2.75) is 0 Å². The largest absolute Gasteiger partial charge is 0.478 e. The molecule has 134 valence electrons. The van der Waals surface area contributed by atoms with Crippen molar-refractivity contribution in [3.8, 4) is 11.5 Å². The zero-order chi connectivity index (χ0) is 18.8. The Morgan fingerprint density at radius 3 is 2.23 bits per heavy atom. The highest BCUT2D eigenvalue weighted by molar-refractivity contribution is 6.37. The molecule has 0 aromatic heterocycles. The molecule has 2 aromatic carbocycles. The fraction of sp³-hybridized carbons (Fsp3) is 0.158. The molecule has 1 heterocycles. The summed E-state index contributed by atoms with van der Waals surface area (Å²) in [5.41, 5.74) is 0.544. The van der Waals surface area contributed by atoms with Gasteiger partial charge >= 0.3 is 11.9 Å². The number of rotatable bonds is 5. The van der Waals surface area contributed by atoms with Crippen molar-refractivity contribution < 1.29 is 29.3 Å². The van der Waals surface area contributed by atoms with E-state index in [0.29, 0.717) is 22.7 Å². The molecule has 0 unspecified atom stereocenters. The van der Waals surface area contributed by atoms with Crippen LogP contribution in [0.3, 0.4) is 0 Å². The number of carboxylic acid groups (broad SMARTS) is 2. The summed E-state index contributed by atoms with van der Waals surface area (Å²) in [7, 11) is 3.53. The van der Waals surface area contributed by atoms with Gasteiger partial charge in [0.2, 0.25) is 6.79 Å². The van der Waals surface area contributed by atoms with Crippen LogP contribution in [0, 0.1) is 0 Å². The second kappa shape index (κ2) is 6.79. The standard InChI is InChI=1S/C19H17NO6/c1-20(2)13-6-4-3-5-12(13)17(19(23)24)16(18(21)22)11-7-8-14-15(9-11)26-10-25-14/h3-9H,10H2,1-2H3,(H,21,22)(H,23,24)/b17-16-. The van der Waals surface area contributed by atoms with E-state index in [0.717, 1.165) is 0 Å². The van der Waals surface area contributed by atoms with Crippen molar-refractivity contribution in [2.75, 3.05) is 25.8 Å². The topological polar surface area (TPSA) is 96.3 Å². The van der Waals surface area contributed by atoms with Crippen molar-refractivity contribution in [1.82, 2.24) is 0 Å². The van der Waals surface area contributed by atoms with E-state index < -0.39 is 11.9 Å². The van der Waals surface area contributed by atoms with Gasteiger partial charge in [0.05, 0.1) is 11.1 Å². The number of nitrogens with zero attached hydrogens (tertiary/aromatic N) is 1. The molecule has 1 aliphatic heterocycles. The van der Waals surface area contributed by atoms with Crippen molar-refractivity contribution in [2.24, 2.45) is 0 Å². The zero-order valence-corrected chi connectivity index (χ0v) is 14.2. The number of anilines is 1. The van der Waals surface area contributed by atoms with E-state index >= 15 is 0 Å². The molecule has 0 amide bonds. The first-order chi connectivity index (χ1) is 12.4. The highest BCUT2D eigenvalue weighted by Crippen LogP contribution is 2.38. The van der Waals surface area contributed by atoms with Crippen molar-refractivity contribution in [3.63, 3.8) is 0 Å². The second-order valence-corrected chi connectivity index (χ2v) is 5.84. The molecule has 0 saturated carbocycles. The molecule has 2 aromatic rings. The number of fused-ring (bicyclic) bond motifs is 1. The first-order valence-electron chi connectivity index (χ1n) is 7.77. The van der Waals surface area contributed by atoms with Gasteiger partial charge in [-0.2, -0.15) is 0 Å². The molecule has 0 aliphatic carbocycles. The minimum absolute atomic E-state index is 0.0418. The van der Waals surface area contributed by atoms with E-state index in [4.69, 9.17) is 9.47 Å². The fourth-order valence-electron chi connectivity index (χ4n) is 2.86. The van der Waals surface area contributed by atoms with Crippen LogP contribution in [0.1, 0.15) is 11.1 Å². The van der Waals surface area contributed by atoms with Crippen molar-refractivity contribution in [3.05, 3.63) is 53.6 Å². The minimum Gasteiger partial charge on any atom is -0.478 e. The molecule has 0 radical (unpaired) electrons. The molecule has 26 heavy (non-hydrogen) atoms. The van der Waals surface area contributed by atoms with Crippen LogP contribution in [-0.2, 0) is 9.59 Å². The normalized spacial score (nSPS) is 13.2. The monoisotopic (exact) mass is 355 g/mol. The Morgan fingerprint density at radius 2 is 1.58 bits per heavy atom. The highest BCUT2D eigenvalue weighted by atomic mass is 16.7. The Kier molecular flexibility index (Phi) is 4.53. The molecule has 0 atom stereocenters. The molecule has 0 bridgehead atoms. The first kappa shape index (κ1) is 17.3. The van der Waals surface area contributed by atoms with Crippen molar-refractivity contribution >= 4 is 28.8 Å². The summed E-state index contributed by atoms with van der Waals surface area (Å²) in [5, 5.41) is 19.6. The molecule has 3 rings (SSSR count). The zero-order valence-electron chi connectivity index (χ0n) is 14.2. The molecular formula is C19H17NO6. The lowest BCUT2D eigenvalue weighted by Crippen LogP contribution is -2.15. The predicted octanol–water partition coefficient (Wildman–Crippen LogP) is 2.56. The van der Waals surface area contributed by atoms with Gasteiger partial charge in [-0.15, -0.1) is 0 Å². The molecular weight excluding hydrogens is 338 g/mol. The molecule has 0 spiro atoms. The lowest BCUT2D eigenvalue weighted by atomic mass is 9.93. The van der Waals surface area contributed by atoms with Gasteiger partial charge in [0.25, 0.3) is 0 Å². The number of hydrogen-bond donors (Lipinski definition) is 2. The molecule has 0 saturated heterocycles. The van der Waals surface area contributed by atoms with E-state index in [1.54, 1.807) is 49.3 Å². The van der Waals surface area contributed by atoms with Gasteiger partial charge in [0.15, 0.2) is 11.5 Å². The van der Waals surface area contributed by atoms with Gasteiger partial charge in [-0.3, -0.25) is 0 Å². The van der Waals surface area contributed by atoms with Gasteiger partial charge in [-0.05, 0) is 23.8 Å². The van der Waals surface area contributed by atoms with Crippen molar-refractivity contribution in [1.29, 1.82) is 0 Å². The summed E-state index contributed by atoms with van der Waals surface area (Å²) < 4.78 is 10.5. The van der Waals surface area contributed by atoms with E-state index in [2.05, 4.69) is 0 Å². The third-order valence-corrected chi connectivity index (χ3v) is 3.99.